The topological polar surface area (TPSA) is 75.0 Å². The maximum atomic E-state index is 11.9. The lowest BCUT2D eigenvalue weighted by Crippen LogP contribution is -2.20. The maximum Gasteiger partial charge on any atom is 0.377 e. The Hall–Kier alpha value is -2.76. The number of furan rings is 1. The van der Waals surface area contributed by atoms with Gasteiger partial charge in [0.2, 0.25) is 11.5 Å². The van der Waals surface area contributed by atoms with E-state index >= 15 is 0 Å². The van der Waals surface area contributed by atoms with Crippen molar-refractivity contribution in [1.29, 1.82) is 0 Å². The summed E-state index contributed by atoms with van der Waals surface area (Å²) in [6.45, 7) is 0.243. The van der Waals surface area contributed by atoms with Crippen molar-refractivity contribution in [3.05, 3.63) is 48.1 Å². The van der Waals surface area contributed by atoms with Gasteiger partial charge in [-0.05, 0) is 12.1 Å². The highest BCUT2D eigenvalue weighted by atomic mass is 16.6. The van der Waals surface area contributed by atoms with E-state index in [1.807, 2.05) is 18.2 Å². The fourth-order valence-corrected chi connectivity index (χ4v) is 1.87. The first-order valence-electron chi connectivity index (χ1n) is 6.37. The Bertz CT molecular complexity index is 679. The Kier molecular flexibility index (Phi) is 3.59. The quantitative estimate of drug-likeness (QED) is 0.633. The molecular weight excluding hydrogens is 276 g/mol. The molecule has 0 fully saturated rings. The molecule has 1 aliphatic rings. The maximum absolute atomic E-state index is 11.9. The van der Waals surface area contributed by atoms with Crippen LogP contribution in [0.15, 0.2) is 46.8 Å². The molecule has 3 rings (SSSR count). The van der Waals surface area contributed by atoms with Crippen LogP contribution in [0.2, 0.25) is 0 Å². The largest absolute Gasteiger partial charge is 0.493 e. The standard InChI is InChI=1S/C15H12O6/c16-11(8-20-15(17)14-9-18-5-6-19-14)13-7-10-3-1-2-4-12(10)21-13/h1-4,7,9H,5-6,8H2. The van der Waals surface area contributed by atoms with Crippen molar-refractivity contribution in [2.45, 2.75) is 0 Å². The number of ether oxygens (including phenoxy) is 3. The zero-order valence-electron chi connectivity index (χ0n) is 11.0. The van der Waals surface area contributed by atoms with Gasteiger partial charge in [-0.2, -0.15) is 0 Å². The van der Waals surface area contributed by atoms with Crippen LogP contribution in [0.3, 0.4) is 0 Å². The van der Waals surface area contributed by atoms with E-state index in [1.165, 1.54) is 6.26 Å². The van der Waals surface area contributed by atoms with Crippen LogP contribution >= 0.6 is 0 Å². The number of hydrogen-bond acceptors (Lipinski definition) is 6. The van der Waals surface area contributed by atoms with Gasteiger partial charge >= 0.3 is 5.97 Å². The molecule has 0 atom stereocenters. The van der Waals surface area contributed by atoms with E-state index in [0.717, 1.165) is 5.39 Å². The Morgan fingerprint density at radius 2 is 2.05 bits per heavy atom. The summed E-state index contributed by atoms with van der Waals surface area (Å²) in [6.07, 6.45) is 1.18. The van der Waals surface area contributed by atoms with Gasteiger partial charge in [-0.15, -0.1) is 0 Å². The number of Topliss-reactive ketones (excluding diaryl/α,β-unsaturated/α-hetero) is 1. The molecule has 0 amide bonds. The molecule has 2 aromatic rings. The van der Waals surface area contributed by atoms with Crippen LogP contribution in [0, 0.1) is 0 Å². The molecule has 108 valence electrons. The summed E-state index contributed by atoms with van der Waals surface area (Å²) in [4.78, 5) is 23.6. The first-order valence-corrected chi connectivity index (χ1v) is 6.37. The minimum absolute atomic E-state index is 0.0429. The monoisotopic (exact) mass is 288 g/mol. The molecule has 1 aromatic heterocycles. The molecule has 0 aliphatic carbocycles. The van der Waals surface area contributed by atoms with Crippen molar-refractivity contribution in [3.63, 3.8) is 0 Å². The molecule has 0 saturated heterocycles. The van der Waals surface area contributed by atoms with Gasteiger partial charge in [0.1, 0.15) is 25.1 Å². The van der Waals surface area contributed by atoms with Gasteiger partial charge in [0.05, 0.1) is 0 Å². The second-order valence-electron chi connectivity index (χ2n) is 4.35. The normalized spacial score (nSPS) is 14.0. The Balaban J connectivity index is 1.63. The first kappa shape index (κ1) is 13.2. The van der Waals surface area contributed by atoms with E-state index in [9.17, 15) is 9.59 Å². The van der Waals surface area contributed by atoms with Crippen molar-refractivity contribution < 1.29 is 28.2 Å². The highest BCUT2D eigenvalue weighted by Crippen LogP contribution is 2.19. The Morgan fingerprint density at radius 1 is 1.19 bits per heavy atom. The van der Waals surface area contributed by atoms with Crippen LogP contribution < -0.4 is 0 Å². The van der Waals surface area contributed by atoms with Crippen LogP contribution in [0.1, 0.15) is 10.6 Å². The van der Waals surface area contributed by atoms with Crippen molar-refractivity contribution >= 4 is 22.7 Å². The number of carbonyl (C=O) groups excluding carboxylic acids is 2. The molecule has 0 spiro atoms. The van der Waals surface area contributed by atoms with Gasteiger partial charge in [0, 0.05) is 5.39 Å². The SMILES string of the molecule is O=C(OCC(=O)c1cc2ccccc2o1)C1=COCCO1. The summed E-state index contributed by atoms with van der Waals surface area (Å²) in [7, 11) is 0. The highest BCUT2D eigenvalue weighted by molar-refractivity contribution is 5.99. The summed E-state index contributed by atoms with van der Waals surface area (Å²) >= 11 is 0. The Morgan fingerprint density at radius 3 is 2.81 bits per heavy atom. The third-order valence-corrected chi connectivity index (χ3v) is 2.89. The molecule has 0 saturated carbocycles. The fraction of sp³-hybridized carbons (Fsp3) is 0.200. The number of esters is 1. The van der Waals surface area contributed by atoms with Gasteiger partial charge in [-0.25, -0.2) is 4.79 Å². The molecule has 0 bridgehead atoms. The van der Waals surface area contributed by atoms with Crippen molar-refractivity contribution in [1.82, 2.24) is 0 Å². The predicted molar refractivity (Wildman–Crippen MR) is 71.5 cm³/mol. The first-order chi connectivity index (χ1) is 10.2. The lowest BCUT2D eigenvalue weighted by atomic mass is 10.2. The van der Waals surface area contributed by atoms with Gasteiger partial charge < -0.3 is 18.6 Å². The predicted octanol–water partition coefficient (Wildman–Crippen LogP) is 2.05. The summed E-state index contributed by atoms with van der Waals surface area (Å²) in [6, 6.07) is 8.87. The molecule has 2 heterocycles. The van der Waals surface area contributed by atoms with Crippen molar-refractivity contribution in [2.75, 3.05) is 19.8 Å². The number of benzene rings is 1. The van der Waals surface area contributed by atoms with E-state index < -0.39 is 18.4 Å². The minimum Gasteiger partial charge on any atom is -0.493 e. The molecule has 1 aliphatic heterocycles. The van der Waals surface area contributed by atoms with E-state index in [0.29, 0.717) is 12.2 Å². The van der Waals surface area contributed by atoms with E-state index in [4.69, 9.17) is 18.6 Å². The van der Waals surface area contributed by atoms with E-state index in [1.54, 1.807) is 12.1 Å². The van der Waals surface area contributed by atoms with Gasteiger partial charge in [0.15, 0.2) is 12.4 Å². The molecule has 6 nitrogen and oxygen atoms in total. The molecule has 6 heteroatoms. The van der Waals surface area contributed by atoms with Crippen molar-refractivity contribution in [2.24, 2.45) is 0 Å². The summed E-state index contributed by atoms with van der Waals surface area (Å²) in [5, 5.41) is 0.818. The average molecular weight is 288 g/mol. The summed E-state index contributed by atoms with van der Waals surface area (Å²) in [5.74, 6) is -1.05. The Labute approximate surface area is 119 Å². The van der Waals surface area contributed by atoms with Gasteiger partial charge in [0.25, 0.3) is 0 Å². The smallest absolute Gasteiger partial charge is 0.377 e. The highest BCUT2D eigenvalue weighted by Gasteiger charge is 2.19. The molecule has 0 unspecified atom stereocenters. The van der Waals surface area contributed by atoms with Crippen LogP contribution in [0.5, 0.6) is 0 Å². The number of hydrogen-bond donors (Lipinski definition) is 0. The molecule has 0 N–H and O–H groups in total. The molecular formula is C15H12O6. The number of para-hydroxylation sites is 1. The lowest BCUT2D eigenvalue weighted by molar-refractivity contribution is -0.143. The fourth-order valence-electron chi connectivity index (χ4n) is 1.87. The average Bonchev–Trinajstić information content (AvgIpc) is 2.97. The summed E-state index contributed by atoms with van der Waals surface area (Å²) < 4.78 is 20.3. The lowest BCUT2D eigenvalue weighted by Gasteiger charge is -2.13. The second-order valence-corrected chi connectivity index (χ2v) is 4.35. The third-order valence-electron chi connectivity index (χ3n) is 2.89. The van der Waals surface area contributed by atoms with Crippen LogP contribution in [-0.2, 0) is 19.0 Å². The second kappa shape index (κ2) is 5.70. The van der Waals surface area contributed by atoms with Gasteiger partial charge in [-0.1, -0.05) is 18.2 Å². The molecule has 21 heavy (non-hydrogen) atoms. The minimum atomic E-state index is -0.737. The van der Waals surface area contributed by atoms with Crippen LogP contribution in [0.4, 0.5) is 0 Å². The van der Waals surface area contributed by atoms with Gasteiger partial charge in [-0.3, -0.25) is 4.79 Å². The number of carbonyl (C=O) groups is 2. The zero-order chi connectivity index (χ0) is 14.7. The third kappa shape index (κ3) is 2.89. The number of fused-ring (bicyclic) bond motifs is 1. The zero-order valence-corrected chi connectivity index (χ0v) is 11.0. The molecule has 1 aromatic carbocycles. The van der Waals surface area contributed by atoms with Crippen molar-refractivity contribution in [3.8, 4) is 0 Å². The number of ketones is 1. The summed E-state index contributed by atoms with van der Waals surface area (Å²) in [5.41, 5.74) is 0.610. The number of rotatable bonds is 4. The van der Waals surface area contributed by atoms with Crippen LogP contribution in [0.25, 0.3) is 11.0 Å². The van der Waals surface area contributed by atoms with Crippen LogP contribution in [-0.4, -0.2) is 31.6 Å². The molecule has 0 radical (unpaired) electrons. The van der Waals surface area contributed by atoms with E-state index in [2.05, 4.69) is 0 Å². The van der Waals surface area contributed by atoms with E-state index in [-0.39, 0.29) is 18.1 Å².